The molecule has 2 heterocycles. The maximum atomic E-state index is 12.3. The minimum absolute atomic E-state index is 0.0612. The maximum absolute atomic E-state index is 12.3. The maximum Gasteiger partial charge on any atom is 0.215 e. The summed E-state index contributed by atoms with van der Waals surface area (Å²) in [6.45, 7) is 0. The third-order valence-electron chi connectivity index (χ3n) is 4.65. The topological polar surface area (TPSA) is 37.1 Å². The van der Waals surface area contributed by atoms with Gasteiger partial charge in [0, 0.05) is 0 Å². The highest BCUT2D eigenvalue weighted by Crippen LogP contribution is 2.59. The Hall–Kier alpha value is -1.91. The standard InChI is InChI=1S/C18H17NO2S/c20-22(21)14-13-18(16-9-5-2-6-10-16)17(19(18)22)12-11-15-7-3-1-4-8-15/h1-12,17H,13-14H2/b12-11+/t17-,18+,19?/m1/s1. The van der Waals surface area contributed by atoms with Gasteiger partial charge in [-0.2, -0.15) is 4.31 Å². The molecular weight excluding hydrogens is 294 g/mol. The van der Waals surface area contributed by atoms with Crippen molar-refractivity contribution in [2.45, 2.75) is 18.0 Å². The Morgan fingerprint density at radius 3 is 2.32 bits per heavy atom. The van der Waals surface area contributed by atoms with Gasteiger partial charge < -0.3 is 0 Å². The lowest BCUT2D eigenvalue weighted by Crippen LogP contribution is -2.13. The normalized spacial score (nSPS) is 32.0. The molecule has 3 atom stereocenters. The zero-order valence-electron chi connectivity index (χ0n) is 12.1. The first-order chi connectivity index (χ1) is 10.6. The van der Waals surface area contributed by atoms with E-state index in [4.69, 9.17) is 0 Å². The van der Waals surface area contributed by atoms with Gasteiger partial charge in [0.25, 0.3) is 0 Å². The van der Waals surface area contributed by atoms with Crippen molar-refractivity contribution in [2.24, 2.45) is 0 Å². The second-order valence-corrected chi connectivity index (χ2v) is 7.83. The molecule has 0 radical (unpaired) electrons. The van der Waals surface area contributed by atoms with Crippen molar-refractivity contribution in [3.63, 3.8) is 0 Å². The Bertz CT molecular complexity index is 815. The lowest BCUT2D eigenvalue weighted by Gasteiger charge is -2.10. The van der Waals surface area contributed by atoms with E-state index in [0.29, 0.717) is 6.42 Å². The molecule has 0 saturated carbocycles. The molecule has 2 aliphatic rings. The van der Waals surface area contributed by atoms with Gasteiger partial charge in [-0.1, -0.05) is 72.8 Å². The van der Waals surface area contributed by atoms with Gasteiger partial charge in [-0.25, -0.2) is 8.42 Å². The van der Waals surface area contributed by atoms with E-state index < -0.39 is 10.0 Å². The summed E-state index contributed by atoms with van der Waals surface area (Å²) < 4.78 is 26.3. The molecule has 2 saturated heterocycles. The second-order valence-electron chi connectivity index (χ2n) is 5.87. The Morgan fingerprint density at radius 1 is 1.00 bits per heavy atom. The van der Waals surface area contributed by atoms with Crippen molar-refractivity contribution in [3.05, 3.63) is 77.9 Å². The summed E-state index contributed by atoms with van der Waals surface area (Å²) in [7, 11) is -3.13. The highest BCUT2D eigenvalue weighted by Gasteiger charge is 2.71. The molecule has 22 heavy (non-hydrogen) atoms. The SMILES string of the molecule is O=S1(=O)CC[C@]2(c3ccccc3)[C@@H](/C=C/c3ccccc3)N21. The van der Waals surface area contributed by atoms with Crippen LogP contribution in [0.1, 0.15) is 17.5 Å². The lowest BCUT2D eigenvalue weighted by atomic mass is 9.92. The van der Waals surface area contributed by atoms with Gasteiger partial charge in [-0.15, -0.1) is 0 Å². The largest absolute Gasteiger partial charge is 0.215 e. The van der Waals surface area contributed by atoms with Crippen LogP contribution in [0, 0.1) is 0 Å². The average Bonchev–Trinajstić information content (AvgIpc) is 3.14. The van der Waals surface area contributed by atoms with E-state index in [-0.39, 0.29) is 17.3 Å². The number of fused-ring (bicyclic) bond motifs is 1. The summed E-state index contributed by atoms with van der Waals surface area (Å²) in [6, 6.07) is 19.9. The number of rotatable bonds is 3. The molecule has 2 aromatic rings. The van der Waals surface area contributed by atoms with E-state index in [0.717, 1.165) is 11.1 Å². The monoisotopic (exact) mass is 311 g/mol. The molecule has 2 aliphatic heterocycles. The molecule has 4 heteroatoms. The molecule has 1 unspecified atom stereocenters. The van der Waals surface area contributed by atoms with Crippen LogP contribution < -0.4 is 0 Å². The fraction of sp³-hybridized carbons (Fsp3) is 0.222. The van der Waals surface area contributed by atoms with Gasteiger partial charge in [-0.3, -0.25) is 0 Å². The van der Waals surface area contributed by atoms with Gasteiger partial charge in [0.2, 0.25) is 10.0 Å². The predicted octanol–water partition coefficient (Wildman–Crippen LogP) is 3.01. The van der Waals surface area contributed by atoms with E-state index in [1.54, 1.807) is 4.31 Å². The van der Waals surface area contributed by atoms with E-state index in [1.165, 1.54) is 0 Å². The summed E-state index contributed by atoms with van der Waals surface area (Å²) in [5, 5.41) is 0. The lowest BCUT2D eigenvalue weighted by molar-refractivity contribution is 0.543. The molecule has 4 rings (SSSR count). The third kappa shape index (κ3) is 1.95. The number of hydrogen-bond donors (Lipinski definition) is 0. The number of sulfonamides is 1. The summed E-state index contributed by atoms with van der Waals surface area (Å²) in [4.78, 5) is 0. The van der Waals surface area contributed by atoms with Gasteiger partial charge >= 0.3 is 0 Å². The Morgan fingerprint density at radius 2 is 1.64 bits per heavy atom. The molecule has 0 aromatic heterocycles. The van der Waals surface area contributed by atoms with Gasteiger partial charge in [0.1, 0.15) is 0 Å². The van der Waals surface area contributed by atoms with Crippen LogP contribution in [-0.4, -0.2) is 24.5 Å². The van der Waals surface area contributed by atoms with Crippen LogP contribution in [0.3, 0.4) is 0 Å². The minimum atomic E-state index is -3.13. The first kappa shape index (κ1) is 13.7. The first-order valence-electron chi connectivity index (χ1n) is 7.46. The van der Waals surface area contributed by atoms with E-state index in [2.05, 4.69) is 0 Å². The van der Waals surface area contributed by atoms with Crippen LogP contribution >= 0.6 is 0 Å². The molecule has 0 amide bonds. The molecule has 0 N–H and O–H groups in total. The van der Waals surface area contributed by atoms with Crippen molar-refractivity contribution in [1.82, 2.24) is 4.31 Å². The van der Waals surface area contributed by atoms with Gasteiger partial charge in [0.15, 0.2) is 0 Å². The first-order valence-corrected chi connectivity index (χ1v) is 9.06. The zero-order valence-corrected chi connectivity index (χ0v) is 12.9. The molecule has 0 aliphatic carbocycles. The fourth-order valence-electron chi connectivity index (χ4n) is 3.56. The van der Waals surface area contributed by atoms with Crippen LogP contribution in [0.4, 0.5) is 0 Å². The van der Waals surface area contributed by atoms with Crippen molar-refractivity contribution in [2.75, 3.05) is 5.75 Å². The van der Waals surface area contributed by atoms with Crippen LogP contribution in [0.25, 0.3) is 6.08 Å². The number of hydrogen-bond acceptors (Lipinski definition) is 2. The summed E-state index contributed by atoms with van der Waals surface area (Å²) in [5.74, 6) is 0.248. The smallest absolute Gasteiger partial charge is 0.212 e. The van der Waals surface area contributed by atoms with Crippen LogP contribution in [0.2, 0.25) is 0 Å². The summed E-state index contributed by atoms with van der Waals surface area (Å²) >= 11 is 0. The Kier molecular flexibility index (Phi) is 2.99. The van der Waals surface area contributed by atoms with Crippen molar-refractivity contribution in [3.8, 4) is 0 Å². The van der Waals surface area contributed by atoms with E-state index in [1.807, 2.05) is 72.8 Å². The number of nitrogens with zero attached hydrogens (tertiary/aromatic N) is 1. The average molecular weight is 311 g/mol. The molecule has 0 bridgehead atoms. The fourth-order valence-corrected chi connectivity index (χ4v) is 5.67. The second kappa shape index (κ2) is 4.80. The van der Waals surface area contributed by atoms with Crippen molar-refractivity contribution >= 4 is 16.1 Å². The predicted molar refractivity (Wildman–Crippen MR) is 87.6 cm³/mol. The zero-order chi connectivity index (χ0) is 15.2. The summed E-state index contributed by atoms with van der Waals surface area (Å²) in [5.41, 5.74) is 1.83. The Balaban J connectivity index is 1.70. The van der Waals surface area contributed by atoms with Gasteiger partial charge in [-0.05, 0) is 17.5 Å². The molecule has 112 valence electrons. The quantitative estimate of drug-likeness (QED) is 0.817. The highest BCUT2D eigenvalue weighted by atomic mass is 32.2. The third-order valence-corrected chi connectivity index (χ3v) is 6.52. The van der Waals surface area contributed by atoms with Gasteiger partial charge in [0.05, 0.1) is 17.3 Å². The van der Waals surface area contributed by atoms with Crippen molar-refractivity contribution < 1.29 is 8.42 Å². The molecule has 3 nitrogen and oxygen atoms in total. The van der Waals surface area contributed by atoms with E-state index in [9.17, 15) is 8.42 Å². The number of benzene rings is 2. The summed E-state index contributed by atoms with van der Waals surface area (Å²) in [6.07, 6.45) is 4.71. The molecule has 0 spiro atoms. The van der Waals surface area contributed by atoms with E-state index >= 15 is 0 Å². The molecule has 2 fully saturated rings. The highest BCUT2D eigenvalue weighted by molar-refractivity contribution is 7.89. The Labute approximate surface area is 130 Å². The van der Waals surface area contributed by atoms with Crippen LogP contribution in [0.15, 0.2) is 66.7 Å². The molecular formula is C18H17NO2S. The van der Waals surface area contributed by atoms with Crippen LogP contribution in [0.5, 0.6) is 0 Å². The van der Waals surface area contributed by atoms with Crippen molar-refractivity contribution in [1.29, 1.82) is 0 Å². The molecule has 2 aromatic carbocycles. The van der Waals surface area contributed by atoms with Crippen LogP contribution in [-0.2, 0) is 15.6 Å². The minimum Gasteiger partial charge on any atom is -0.212 e.